The highest BCUT2D eigenvalue weighted by Crippen LogP contribution is 2.24. The lowest BCUT2D eigenvalue weighted by molar-refractivity contribution is -0.136. The van der Waals surface area contributed by atoms with E-state index in [1.807, 2.05) is 34.4 Å². The molecular formula is C18H22N2O2S2. The van der Waals surface area contributed by atoms with Gasteiger partial charge in [-0.05, 0) is 48.2 Å². The van der Waals surface area contributed by atoms with Gasteiger partial charge in [0.2, 0.25) is 5.91 Å². The summed E-state index contributed by atoms with van der Waals surface area (Å²) in [5.74, 6) is 0.326. The summed E-state index contributed by atoms with van der Waals surface area (Å²) >= 11 is 3.17. The van der Waals surface area contributed by atoms with Gasteiger partial charge in [-0.25, -0.2) is 0 Å². The summed E-state index contributed by atoms with van der Waals surface area (Å²) in [4.78, 5) is 30.8. The van der Waals surface area contributed by atoms with E-state index < -0.39 is 0 Å². The van der Waals surface area contributed by atoms with Crippen molar-refractivity contribution in [2.45, 2.75) is 26.3 Å². The highest BCUT2D eigenvalue weighted by molar-refractivity contribution is 7.12. The molecule has 1 aliphatic rings. The average Bonchev–Trinajstić information content (AvgIpc) is 3.26. The van der Waals surface area contributed by atoms with E-state index in [9.17, 15) is 9.59 Å². The first kappa shape index (κ1) is 17.2. The molecule has 2 aromatic heterocycles. The van der Waals surface area contributed by atoms with Crippen LogP contribution in [0.2, 0.25) is 0 Å². The molecule has 1 aliphatic heterocycles. The number of piperidine rings is 1. The number of nitrogens with zero attached hydrogens (tertiary/aromatic N) is 2. The van der Waals surface area contributed by atoms with Gasteiger partial charge in [0.1, 0.15) is 0 Å². The molecule has 0 bridgehead atoms. The van der Waals surface area contributed by atoms with Gasteiger partial charge in [0.25, 0.3) is 5.91 Å². The predicted molar refractivity (Wildman–Crippen MR) is 98.5 cm³/mol. The van der Waals surface area contributed by atoms with Crippen molar-refractivity contribution in [1.82, 2.24) is 9.80 Å². The number of carbonyl (C=O) groups excluding carboxylic acids is 2. The molecule has 128 valence electrons. The number of amides is 2. The van der Waals surface area contributed by atoms with E-state index in [1.165, 1.54) is 21.8 Å². The molecule has 2 aromatic rings. The van der Waals surface area contributed by atoms with Gasteiger partial charge in [-0.1, -0.05) is 6.07 Å². The van der Waals surface area contributed by atoms with E-state index in [-0.39, 0.29) is 17.7 Å². The molecule has 3 rings (SSSR count). The standard InChI is InChI=1S/C18H22N2O2S2/c1-13-7-11-24-16(13)12-19(2)17(21)14-5-8-20(9-6-14)18(22)15-4-3-10-23-15/h3-4,7,10-11,14H,5-6,8-9,12H2,1-2H3. The lowest BCUT2D eigenvalue weighted by Gasteiger charge is -2.33. The maximum atomic E-state index is 12.7. The number of likely N-dealkylation sites (tertiary alicyclic amines) is 1. The Kier molecular flexibility index (Phi) is 5.36. The Morgan fingerprint density at radius 3 is 2.54 bits per heavy atom. The van der Waals surface area contributed by atoms with Crippen molar-refractivity contribution < 1.29 is 9.59 Å². The molecule has 0 aromatic carbocycles. The maximum Gasteiger partial charge on any atom is 0.263 e. The quantitative estimate of drug-likeness (QED) is 0.833. The normalized spacial score (nSPS) is 15.5. The van der Waals surface area contributed by atoms with Crippen LogP contribution in [0.4, 0.5) is 0 Å². The van der Waals surface area contributed by atoms with Crippen LogP contribution >= 0.6 is 22.7 Å². The van der Waals surface area contributed by atoms with E-state index in [2.05, 4.69) is 18.4 Å². The fourth-order valence-electron chi connectivity index (χ4n) is 3.06. The summed E-state index contributed by atoms with van der Waals surface area (Å²) < 4.78 is 0. The number of hydrogen-bond acceptors (Lipinski definition) is 4. The Balaban J connectivity index is 1.53. The van der Waals surface area contributed by atoms with Gasteiger partial charge in [0.05, 0.1) is 11.4 Å². The van der Waals surface area contributed by atoms with Crippen molar-refractivity contribution >= 4 is 34.5 Å². The second-order valence-electron chi connectivity index (χ2n) is 6.26. The van der Waals surface area contributed by atoms with Crippen LogP contribution in [0.3, 0.4) is 0 Å². The molecule has 1 fully saturated rings. The van der Waals surface area contributed by atoms with Gasteiger partial charge in [-0.3, -0.25) is 9.59 Å². The molecule has 0 aliphatic carbocycles. The average molecular weight is 363 g/mol. The van der Waals surface area contributed by atoms with E-state index in [1.54, 1.807) is 11.3 Å². The van der Waals surface area contributed by atoms with E-state index >= 15 is 0 Å². The molecule has 0 N–H and O–H groups in total. The Labute approximate surface area is 150 Å². The van der Waals surface area contributed by atoms with Crippen molar-refractivity contribution in [1.29, 1.82) is 0 Å². The third-order valence-electron chi connectivity index (χ3n) is 4.59. The summed E-state index contributed by atoms with van der Waals surface area (Å²) in [6.45, 7) is 4.09. The fourth-order valence-corrected chi connectivity index (χ4v) is 4.71. The van der Waals surface area contributed by atoms with Crippen LogP contribution in [-0.4, -0.2) is 41.8 Å². The van der Waals surface area contributed by atoms with Crippen LogP contribution in [0.15, 0.2) is 29.0 Å². The largest absolute Gasteiger partial charge is 0.340 e. The molecule has 0 spiro atoms. The highest BCUT2D eigenvalue weighted by atomic mass is 32.1. The molecule has 1 saturated heterocycles. The zero-order valence-electron chi connectivity index (χ0n) is 14.0. The van der Waals surface area contributed by atoms with Crippen LogP contribution in [-0.2, 0) is 11.3 Å². The summed E-state index contributed by atoms with van der Waals surface area (Å²) in [5, 5.41) is 3.99. The molecule has 0 unspecified atom stereocenters. The van der Waals surface area contributed by atoms with Crippen molar-refractivity contribution in [3.05, 3.63) is 44.3 Å². The maximum absolute atomic E-state index is 12.7. The van der Waals surface area contributed by atoms with Gasteiger partial charge >= 0.3 is 0 Å². The van der Waals surface area contributed by atoms with Crippen LogP contribution < -0.4 is 0 Å². The fraction of sp³-hybridized carbons (Fsp3) is 0.444. The summed E-state index contributed by atoms with van der Waals surface area (Å²) in [7, 11) is 1.88. The third kappa shape index (κ3) is 3.70. The lowest BCUT2D eigenvalue weighted by atomic mass is 9.95. The monoisotopic (exact) mass is 362 g/mol. The second kappa shape index (κ2) is 7.49. The zero-order valence-corrected chi connectivity index (χ0v) is 15.7. The molecule has 0 radical (unpaired) electrons. The first-order chi connectivity index (χ1) is 11.6. The SMILES string of the molecule is Cc1ccsc1CN(C)C(=O)C1CCN(C(=O)c2cccs2)CC1. The topological polar surface area (TPSA) is 40.6 Å². The molecule has 24 heavy (non-hydrogen) atoms. The Morgan fingerprint density at radius 2 is 1.96 bits per heavy atom. The number of aryl methyl sites for hydroxylation is 1. The smallest absolute Gasteiger partial charge is 0.263 e. The first-order valence-corrected chi connectivity index (χ1v) is 9.93. The van der Waals surface area contributed by atoms with Gasteiger partial charge in [-0.2, -0.15) is 0 Å². The second-order valence-corrected chi connectivity index (χ2v) is 8.21. The molecule has 3 heterocycles. The van der Waals surface area contributed by atoms with E-state index in [0.717, 1.165) is 17.7 Å². The van der Waals surface area contributed by atoms with Crippen LogP contribution in [0, 0.1) is 12.8 Å². The van der Waals surface area contributed by atoms with Gasteiger partial charge in [0.15, 0.2) is 0 Å². The minimum Gasteiger partial charge on any atom is -0.340 e. The minimum absolute atomic E-state index is 0.0302. The third-order valence-corrected chi connectivity index (χ3v) is 6.45. The Morgan fingerprint density at radius 1 is 1.21 bits per heavy atom. The number of hydrogen-bond donors (Lipinski definition) is 0. The zero-order chi connectivity index (χ0) is 17.1. The molecule has 4 nitrogen and oxygen atoms in total. The predicted octanol–water partition coefficient (Wildman–Crippen LogP) is 3.63. The molecule has 0 atom stereocenters. The minimum atomic E-state index is 0.0302. The number of carbonyl (C=O) groups is 2. The Hall–Kier alpha value is -1.66. The first-order valence-electron chi connectivity index (χ1n) is 8.17. The molecular weight excluding hydrogens is 340 g/mol. The van der Waals surface area contributed by atoms with E-state index in [4.69, 9.17) is 0 Å². The summed E-state index contributed by atoms with van der Waals surface area (Å²) in [6.07, 6.45) is 1.51. The van der Waals surface area contributed by atoms with Crippen LogP contribution in [0.5, 0.6) is 0 Å². The van der Waals surface area contributed by atoms with Gasteiger partial charge < -0.3 is 9.80 Å². The van der Waals surface area contributed by atoms with Crippen molar-refractivity contribution in [3.8, 4) is 0 Å². The van der Waals surface area contributed by atoms with Crippen molar-refractivity contribution in [3.63, 3.8) is 0 Å². The molecule has 6 heteroatoms. The van der Waals surface area contributed by atoms with Crippen LogP contribution in [0.1, 0.15) is 33.0 Å². The summed E-state index contributed by atoms with van der Waals surface area (Å²) in [5.41, 5.74) is 1.25. The van der Waals surface area contributed by atoms with Gasteiger partial charge in [0, 0.05) is 30.9 Å². The summed E-state index contributed by atoms with van der Waals surface area (Å²) in [6, 6.07) is 5.85. The molecule has 0 saturated carbocycles. The van der Waals surface area contributed by atoms with Crippen molar-refractivity contribution in [2.24, 2.45) is 5.92 Å². The van der Waals surface area contributed by atoms with Gasteiger partial charge in [-0.15, -0.1) is 22.7 Å². The van der Waals surface area contributed by atoms with Crippen LogP contribution in [0.25, 0.3) is 0 Å². The number of rotatable bonds is 4. The lowest BCUT2D eigenvalue weighted by Crippen LogP contribution is -2.43. The van der Waals surface area contributed by atoms with Crippen molar-refractivity contribution in [2.75, 3.05) is 20.1 Å². The Bertz CT molecular complexity index is 700. The number of thiophene rings is 2. The van der Waals surface area contributed by atoms with E-state index in [0.29, 0.717) is 19.6 Å². The highest BCUT2D eigenvalue weighted by Gasteiger charge is 2.29. The molecule has 2 amide bonds.